The first-order valence-corrected chi connectivity index (χ1v) is 4.82. The molecule has 6 heteroatoms. The quantitative estimate of drug-likeness (QED) is 0.771. The Kier molecular flexibility index (Phi) is 2.63. The van der Waals surface area contributed by atoms with Crippen LogP contribution in [-0.4, -0.2) is 27.1 Å². The molecule has 1 atom stereocenters. The summed E-state index contributed by atoms with van der Waals surface area (Å²) in [5.41, 5.74) is 6.55. The normalized spacial score (nSPS) is 12.3. The van der Waals surface area contributed by atoms with Crippen LogP contribution in [0.3, 0.4) is 0 Å². The van der Waals surface area contributed by atoms with Crippen molar-refractivity contribution in [2.24, 2.45) is 5.73 Å². The third-order valence-electron chi connectivity index (χ3n) is 2.13. The van der Waals surface area contributed by atoms with Gasteiger partial charge in [0.25, 0.3) is 0 Å². The minimum atomic E-state index is -0.525. The second-order valence-corrected chi connectivity index (χ2v) is 3.39. The summed E-state index contributed by atoms with van der Waals surface area (Å²) in [6.45, 7) is 1.64. The Morgan fingerprint density at radius 3 is 2.69 bits per heavy atom. The summed E-state index contributed by atoms with van der Waals surface area (Å²) in [6, 6.07) is 6.83. The fourth-order valence-corrected chi connectivity index (χ4v) is 1.21. The Hall–Kier alpha value is -2.24. The predicted molar refractivity (Wildman–Crippen MR) is 59.6 cm³/mol. The molecule has 0 saturated carbocycles. The number of nitrogens with zero attached hydrogens (tertiary/aromatic N) is 3. The van der Waals surface area contributed by atoms with Crippen LogP contribution in [0.4, 0.5) is 5.95 Å². The van der Waals surface area contributed by atoms with Crippen molar-refractivity contribution in [1.82, 2.24) is 15.2 Å². The predicted octanol–water partition coefficient (Wildman–Crippen LogP) is 0.310. The van der Waals surface area contributed by atoms with Crippen LogP contribution in [0.5, 0.6) is 0 Å². The van der Waals surface area contributed by atoms with Gasteiger partial charge in [-0.1, -0.05) is 12.1 Å². The van der Waals surface area contributed by atoms with Crippen LogP contribution < -0.4 is 11.1 Å². The molecule has 1 aromatic carbocycles. The van der Waals surface area contributed by atoms with E-state index in [1.54, 1.807) is 6.92 Å². The van der Waals surface area contributed by atoms with E-state index in [0.717, 1.165) is 5.52 Å². The molecule has 1 unspecified atom stereocenters. The van der Waals surface area contributed by atoms with Crippen LogP contribution >= 0.6 is 0 Å². The number of nitrogens with one attached hydrogen (secondary N) is 1. The first-order valence-electron chi connectivity index (χ1n) is 4.82. The lowest BCUT2D eigenvalue weighted by molar-refractivity contribution is -0.118. The van der Waals surface area contributed by atoms with Gasteiger partial charge in [-0.2, -0.15) is 0 Å². The summed E-state index contributed by atoms with van der Waals surface area (Å²) in [5, 5.41) is 10.6. The topological polar surface area (TPSA) is 93.8 Å². The van der Waals surface area contributed by atoms with E-state index in [2.05, 4.69) is 20.5 Å². The Labute approximate surface area is 91.9 Å². The molecule has 0 aliphatic rings. The lowest BCUT2D eigenvalue weighted by atomic mass is 10.3. The molecule has 0 spiro atoms. The second kappa shape index (κ2) is 4.09. The zero-order valence-corrected chi connectivity index (χ0v) is 8.71. The van der Waals surface area contributed by atoms with Crippen molar-refractivity contribution >= 4 is 22.9 Å². The minimum Gasteiger partial charge on any atom is -0.368 e. The second-order valence-electron chi connectivity index (χ2n) is 3.39. The van der Waals surface area contributed by atoms with Gasteiger partial charge in [-0.15, -0.1) is 10.2 Å². The number of hydrogen-bond acceptors (Lipinski definition) is 5. The maximum Gasteiger partial charge on any atom is 0.243 e. The lowest BCUT2D eigenvalue weighted by Crippen LogP contribution is -2.33. The molecule has 2 rings (SSSR count). The number of carbonyl (C=O) groups excluding carboxylic acids is 1. The van der Waals surface area contributed by atoms with E-state index in [1.165, 1.54) is 0 Å². The third kappa shape index (κ3) is 2.05. The third-order valence-corrected chi connectivity index (χ3v) is 2.13. The molecule has 6 nitrogen and oxygen atoms in total. The van der Waals surface area contributed by atoms with Gasteiger partial charge in [0.2, 0.25) is 11.9 Å². The van der Waals surface area contributed by atoms with Crippen LogP contribution in [0, 0.1) is 0 Å². The summed E-state index contributed by atoms with van der Waals surface area (Å²) in [4.78, 5) is 15.1. The number of para-hydroxylation sites is 1. The average Bonchev–Trinajstić information content (AvgIpc) is 2.28. The van der Waals surface area contributed by atoms with Crippen LogP contribution in [-0.2, 0) is 4.79 Å². The first-order chi connectivity index (χ1) is 7.66. The summed E-state index contributed by atoms with van der Waals surface area (Å²) in [6.07, 6.45) is 0. The molecular weight excluding hydrogens is 206 g/mol. The number of primary amides is 1. The van der Waals surface area contributed by atoms with Gasteiger partial charge in [-0.05, 0) is 19.1 Å². The highest BCUT2D eigenvalue weighted by molar-refractivity contribution is 5.82. The van der Waals surface area contributed by atoms with Crippen molar-refractivity contribution in [1.29, 1.82) is 0 Å². The van der Waals surface area contributed by atoms with Gasteiger partial charge in [-0.3, -0.25) is 4.79 Å². The highest BCUT2D eigenvalue weighted by Gasteiger charge is 2.10. The van der Waals surface area contributed by atoms with E-state index >= 15 is 0 Å². The smallest absolute Gasteiger partial charge is 0.243 e. The van der Waals surface area contributed by atoms with E-state index in [1.807, 2.05) is 24.3 Å². The Balaban J connectivity index is 2.29. The molecule has 1 amide bonds. The fraction of sp³-hybridized carbons (Fsp3) is 0.200. The summed E-state index contributed by atoms with van der Waals surface area (Å²) >= 11 is 0. The molecule has 0 aliphatic heterocycles. The summed E-state index contributed by atoms with van der Waals surface area (Å²) in [5.74, 6) is -0.165. The zero-order valence-electron chi connectivity index (χ0n) is 8.71. The van der Waals surface area contributed by atoms with Gasteiger partial charge in [0.15, 0.2) is 0 Å². The van der Waals surface area contributed by atoms with Crippen LogP contribution in [0.15, 0.2) is 24.3 Å². The highest BCUT2D eigenvalue weighted by atomic mass is 16.1. The standard InChI is InChI=1S/C10H11N5O/c1-6(9(11)16)12-10-13-7-4-2-3-5-8(7)14-15-10/h2-6H,1H3,(H2,11,16)(H,12,13,15). The Morgan fingerprint density at radius 2 is 2.00 bits per heavy atom. The molecule has 1 heterocycles. The molecule has 0 saturated heterocycles. The number of carbonyl (C=O) groups is 1. The molecule has 16 heavy (non-hydrogen) atoms. The number of aromatic nitrogens is 3. The molecule has 1 aromatic heterocycles. The molecule has 82 valence electrons. The zero-order chi connectivity index (χ0) is 11.5. The molecule has 0 aliphatic carbocycles. The van der Waals surface area contributed by atoms with Crippen molar-refractivity contribution in [2.75, 3.05) is 5.32 Å². The first kappa shape index (κ1) is 10.3. The van der Waals surface area contributed by atoms with Crippen LogP contribution in [0.1, 0.15) is 6.92 Å². The maximum absolute atomic E-state index is 10.9. The minimum absolute atomic E-state index is 0.296. The number of amides is 1. The SMILES string of the molecule is CC(Nc1nnc2ccccc2n1)C(N)=O. The Bertz CT molecular complexity index is 527. The number of hydrogen-bond donors (Lipinski definition) is 2. The maximum atomic E-state index is 10.9. The van der Waals surface area contributed by atoms with Crippen molar-refractivity contribution < 1.29 is 4.79 Å². The van der Waals surface area contributed by atoms with Crippen LogP contribution in [0.2, 0.25) is 0 Å². The van der Waals surface area contributed by atoms with E-state index in [-0.39, 0.29) is 0 Å². The number of benzene rings is 1. The molecule has 3 N–H and O–H groups in total. The molecule has 0 bridgehead atoms. The van der Waals surface area contributed by atoms with Crippen molar-refractivity contribution in [3.8, 4) is 0 Å². The van der Waals surface area contributed by atoms with Gasteiger partial charge >= 0.3 is 0 Å². The molecule has 0 radical (unpaired) electrons. The van der Waals surface area contributed by atoms with Crippen LogP contribution in [0.25, 0.3) is 11.0 Å². The van der Waals surface area contributed by atoms with Gasteiger partial charge in [0.05, 0.1) is 5.52 Å². The van der Waals surface area contributed by atoms with Crippen molar-refractivity contribution in [3.05, 3.63) is 24.3 Å². The van der Waals surface area contributed by atoms with Gasteiger partial charge in [0.1, 0.15) is 11.6 Å². The number of nitrogens with two attached hydrogens (primary N) is 1. The van der Waals surface area contributed by atoms with E-state index in [4.69, 9.17) is 5.73 Å². The summed E-state index contributed by atoms with van der Waals surface area (Å²) in [7, 11) is 0. The number of rotatable bonds is 3. The van der Waals surface area contributed by atoms with E-state index in [0.29, 0.717) is 11.5 Å². The van der Waals surface area contributed by atoms with Crippen molar-refractivity contribution in [2.45, 2.75) is 13.0 Å². The van der Waals surface area contributed by atoms with Gasteiger partial charge < -0.3 is 11.1 Å². The van der Waals surface area contributed by atoms with Crippen molar-refractivity contribution in [3.63, 3.8) is 0 Å². The number of anilines is 1. The van der Waals surface area contributed by atoms with E-state index in [9.17, 15) is 4.79 Å². The molecule has 2 aromatic rings. The summed E-state index contributed by atoms with van der Waals surface area (Å²) < 4.78 is 0. The number of fused-ring (bicyclic) bond motifs is 1. The van der Waals surface area contributed by atoms with Gasteiger partial charge in [-0.25, -0.2) is 4.98 Å². The Morgan fingerprint density at radius 1 is 1.31 bits per heavy atom. The van der Waals surface area contributed by atoms with Gasteiger partial charge in [0, 0.05) is 0 Å². The average molecular weight is 217 g/mol. The van der Waals surface area contributed by atoms with E-state index < -0.39 is 11.9 Å². The highest BCUT2D eigenvalue weighted by Crippen LogP contribution is 2.09. The largest absolute Gasteiger partial charge is 0.368 e. The molecule has 0 fully saturated rings. The fourth-order valence-electron chi connectivity index (χ4n) is 1.21. The molecular formula is C10H11N5O. The lowest BCUT2D eigenvalue weighted by Gasteiger charge is -2.09. The monoisotopic (exact) mass is 217 g/mol.